The van der Waals surface area contributed by atoms with Gasteiger partial charge in [-0.05, 0) is 54.8 Å². The molecule has 5 nitrogen and oxygen atoms in total. The first kappa shape index (κ1) is 21.6. The summed E-state index contributed by atoms with van der Waals surface area (Å²) < 4.78 is 12.4. The van der Waals surface area contributed by atoms with Crippen LogP contribution in [0.25, 0.3) is 0 Å². The van der Waals surface area contributed by atoms with E-state index in [2.05, 4.69) is 26.5 Å². The van der Waals surface area contributed by atoms with Gasteiger partial charge in [0.15, 0.2) is 6.61 Å². The van der Waals surface area contributed by atoms with Gasteiger partial charge in [0.1, 0.15) is 18.1 Å². The molecule has 0 spiro atoms. The molecule has 0 heterocycles. The molecule has 154 valence electrons. The first-order valence-electron chi connectivity index (χ1n) is 9.50. The second-order valence-electron chi connectivity index (χ2n) is 6.74. The van der Waals surface area contributed by atoms with E-state index in [1.165, 1.54) is 0 Å². The van der Waals surface area contributed by atoms with Gasteiger partial charge in [0, 0.05) is 10.0 Å². The maximum Gasteiger partial charge on any atom is 0.277 e. The molecule has 3 aromatic rings. The van der Waals surface area contributed by atoms with E-state index in [4.69, 9.17) is 9.47 Å². The summed E-state index contributed by atoms with van der Waals surface area (Å²) in [5, 5.41) is 4.05. The monoisotopic (exact) mass is 466 g/mol. The Morgan fingerprint density at radius 2 is 1.80 bits per heavy atom. The highest BCUT2D eigenvalue weighted by molar-refractivity contribution is 9.10. The minimum atomic E-state index is -0.339. The van der Waals surface area contributed by atoms with Gasteiger partial charge in [-0.3, -0.25) is 4.79 Å². The van der Waals surface area contributed by atoms with E-state index in [1.54, 1.807) is 6.21 Å². The van der Waals surface area contributed by atoms with Crippen LogP contribution in [0.1, 0.15) is 22.3 Å². The standard InChI is InChI=1S/C24H23BrN2O3/c1-17-7-6-10-22(18(17)2)30-16-24(28)27-26-14-20-13-21(25)11-12-23(20)29-15-19-8-4-3-5-9-19/h3-14H,15-16H2,1-2H3,(H,27,28)/b26-14+. The third kappa shape index (κ3) is 6.19. The van der Waals surface area contributed by atoms with Crippen LogP contribution in [0.5, 0.6) is 11.5 Å². The fourth-order valence-corrected chi connectivity index (χ4v) is 3.10. The molecule has 0 aliphatic carbocycles. The Labute approximate surface area is 184 Å². The van der Waals surface area contributed by atoms with Crippen LogP contribution >= 0.6 is 15.9 Å². The third-order valence-electron chi connectivity index (χ3n) is 4.52. The molecule has 1 N–H and O–H groups in total. The topological polar surface area (TPSA) is 59.9 Å². The SMILES string of the molecule is Cc1cccc(OCC(=O)N/N=C/c2cc(Br)ccc2OCc2ccccc2)c1C. The zero-order chi connectivity index (χ0) is 21.3. The van der Waals surface area contributed by atoms with Gasteiger partial charge in [-0.2, -0.15) is 5.10 Å². The zero-order valence-corrected chi connectivity index (χ0v) is 18.5. The lowest BCUT2D eigenvalue weighted by Crippen LogP contribution is -2.24. The van der Waals surface area contributed by atoms with Crippen LogP contribution in [0.4, 0.5) is 0 Å². The Kier molecular flexibility index (Phi) is 7.63. The molecule has 0 bridgehead atoms. The number of nitrogens with zero attached hydrogens (tertiary/aromatic N) is 1. The number of nitrogens with one attached hydrogen (secondary N) is 1. The molecule has 0 aliphatic rings. The van der Waals surface area contributed by atoms with Crippen molar-refractivity contribution in [3.8, 4) is 11.5 Å². The molecule has 30 heavy (non-hydrogen) atoms. The Bertz CT molecular complexity index is 1040. The molecule has 0 atom stereocenters. The molecule has 3 rings (SSSR count). The van der Waals surface area contributed by atoms with E-state index in [1.807, 2.05) is 80.6 Å². The highest BCUT2D eigenvalue weighted by Crippen LogP contribution is 2.23. The van der Waals surface area contributed by atoms with Crippen molar-refractivity contribution in [2.24, 2.45) is 5.10 Å². The van der Waals surface area contributed by atoms with Crippen LogP contribution in [-0.4, -0.2) is 18.7 Å². The van der Waals surface area contributed by atoms with Crippen LogP contribution in [0.3, 0.4) is 0 Å². The van der Waals surface area contributed by atoms with Gasteiger partial charge in [-0.1, -0.05) is 58.4 Å². The number of carbonyl (C=O) groups is 1. The Morgan fingerprint density at radius 1 is 1.00 bits per heavy atom. The molecule has 0 aromatic heterocycles. The molecule has 1 amide bonds. The molecule has 0 saturated carbocycles. The average molecular weight is 467 g/mol. The smallest absolute Gasteiger partial charge is 0.277 e. The quantitative estimate of drug-likeness (QED) is 0.367. The molecule has 0 fully saturated rings. The minimum Gasteiger partial charge on any atom is -0.488 e. The number of halogens is 1. The summed E-state index contributed by atoms with van der Waals surface area (Å²) in [5.74, 6) is 1.03. The van der Waals surface area contributed by atoms with E-state index in [9.17, 15) is 4.79 Å². The molecule has 0 radical (unpaired) electrons. The predicted octanol–water partition coefficient (Wildman–Crippen LogP) is 5.17. The van der Waals surface area contributed by atoms with E-state index in [0.717, 1.165) is 26.7 Å². The molecular weight excluding hydrogens is 444 g/mol. The van der Waals surface area contributed by atoms with Gasteiger partial charge in [-0.15, -0.1) is 0 Å². The van der Waals surface area contributed by atoms with Crippen molar-refractivity contribution in [1.29, 1.82) is 0 Å². The van der Waals surface area contributed by atoms with Gasteiger partial charge in [0.05, 0.1) is 6.21 Å². The summed E-state index contributed by atoms with van der Waals surface area (Å²) in [5.41, 5.74) is 6.44. The first-order chi connectivity index (χ1) is 14.5. The number of ether oxygens (including phenoxy) is 2. The Morgan fingerprint density at radius 3 is 2.60 bits per heavy atom. The van der Waals surface area contributed by atoms with Crippen molar-refractivity contribution >= 4 is 28.1 Å². The lowest BCUT2D eigenvalue weighted by molar-refractivity contribution is -0.123. The normalized spacial score (nSPS) is 10.8. The minimum absolute atomic E-state index is 0.114. The summed E-state index contributed by atoms with van der Waals surface area (Å²) in [7, 11) is 0. The number of rotatable bonds is 8. The summed E-state index contributed by atoms with van der Waals surface area (Å²) in [6, 6.07) is 21.3. The molecule has 0 aliphatic heterocycles. The summed E-state index contributed by atoms with van der Waals surface area (Å²) in [6.07, 6.45) is 1.56. The fraction of sp³-hybridized carbons (Fsp3) is 0.167. The Balaban J connectivity index is 1.57. The number of carbonyl (C=O) groups excluding carboxylic acids is 1. The van der Waals surface area contributed by atoms with Crippen LogP contribution in [0.2, 0.25) is 0 Å². The van der Waals surface area contributed by atoms with Gasteiger partial charge in [-0.25, -0.2) is 5.43 Å². The van der Waals surface area contributed by atoms with Crippen LogP contribution in [-0.2, 0) is 11.4 Å². The van der Waals surface area contributed by atoms with Crippen molar-refractivity contribution in [3.05, 3.63) is 93.5 Å². The summed E-state index contributed by atoms with van der Waals surface area (Å²) >= 11 is 3.45. The molecule has 6 heteroatoms. The number of amides is 1. The fourth-order valence-electron chi connectivity index (χ4n) is 2.72. The third-order valence-corrected chi connectivity index (χ3v) is 5.01. The number of hydrogen-bond donors (Lipinski definition) is 1. The Hall–Kier alpha value is -3.12. The van der Waals surface area contributed by atoms with Gasteiger partial charge in [0.25, 0.3) is 5.91 Å². The number of hydrogen-bond acceptors (Lipinski definition) is 4. The second-order valence-corrected chi connectivity index (χ2v) is 7.65. The van der Waals surface area contributed by atoms with Crippen molar-refractivity contribution in [3.63, 3.8) is 0 Å². The molecular formula is C24H23BrN2O3. The zero-order valence-electron chi connectivity index (χ0n) is 16.9. The molecule has 0 unspecified atom stereocenters. The van der Waals surface area contributed by atoms with Crippen molar-refractivity contribution < 1.29 is 14.3 Å². The van der Waals surface area contributed by atoms with E-state index < -0.39 is 0 Å². The van der Waals surface area contributed by atoms with Crippen molar-refractivity contribution in [2.75, 3.05) is 6.61 Å². The van der Waals surface area contributed by atoms with Gasteiger partial charge in [0.2, 0.25) is 0 Å². The van der Waals surface area contributed by atoms with Crippen LogP contribution in [0, 0.1) is 13.8 Å². The lowest BCUT2D eigenvalue weighted by Gasteiger charge is -2.10. The first-order valence-corrected chi connectivity index (χ1v) is 10.3. The van der Waals surface area contributed by atoms with E-state index >= 15 is 0 Å². The largest absolute Gasteiger partial charge is 0.488 e. The highest BCUT2D eigenvalue weighted by Gasteiger charge is 2.07. The van der Waals surface area contributed by atoms with Gasteiger partial charge < -0.3 is 9.47 Å². The van der Waals surface area contributed by atoms with Crippen LogP contribution in [0.15, 0.2) is 76.3 Å². The summed E-state index contributed by atoms with van der Waals surface area (Å²) in [4.78, 5) is 12.1. The second kappa shape index (κ2) is 10.6. The maximum absolute atomic E-state index is 12.1. The number of aryl methyl sites for hydroxylation is 1. The molecule has 3 aromatic carbocycles. The number of benzene rings is 3. The number of hydrazone groups is 1. The predicted molar refractivity (Wildman–Crippen MR) is 122 cm³/mol. The lowest BCUT2D eigenvalue weighted by atomic mass is 10.1. The summed E-state index contributed by atoms with van der Waals surface area (Å²) in [6.45, 7) is 4.30. The maximum atomic E-state index is 12.1. The van der Waals surface area contributed by atoms with Crippen LogP contribution < -0.4 is 14.9 Å². The highest BCUT2D eigenvalue weighted by atomic mass is 79.9. The van der Waals surface area contributed by atoms with Crippen molar-refractivity contribution in [2.45, 2.75) is 20.5 Å². The van der Waals surface area contributed by atoms with Gasteiger partial charge >= 0.3 is 0 Å². The van der Waals surface area contributed by atoms with E-state index in [0.29, 0.717) is 18.1 Å². The van der Waals surface area contributed by atoms with Crippen molar-refractivity contribution in [1.82, 2.24) is 5.43 Å². The van der Waals surface area contributed by atoms with E-state index in [-0.39, 0.29) is 12.5 Å². The molecule has 0 saturated heterocycles. The average Bonchev–Trinajstić information content (AvgIpc) is 2.75.